The number of benzene rings is 2. The van der Waals surface area contributed by atoms with E-state index in [2.05, 4.69) is 34.3 Å². The number of nitriles is 1. The van der Waals surface area contributed by atoms with Crippen LogP contribution in [0.25, 0.3) is 11.0 Å². The Bertz CT molecular complexity index is 778. The molecule has 3 rings (SSSR count). The fourth-order valence-corrected chi connectivity index (χ4v) is 2.16. The Kier molecular flexibility index (Phi) is 3.10. The molecule has 0 aliphatic heterocycles. The van der Waals surface area contributed by atoms with E-state index in [0.29, 0.717) is 12.1 Å². The monoisotopic (exact) mass is 262 g/mol. The highest BCUT2D eigenvalue weighted by Gasteiger charge is 2.04. The first kappa shape index (κ1) is 12.2. The molecule has 20 heavy (non-hydrogen) atoms. The fourth-order valence-electron chi connectivity index (χ4n) is 2.16. The van der Waals surface area contributed by atoms with Gasteiger partial charge in [-0.2, -0.15) is 5.26 Å². The first-order chi connectivity index (χ1) is 9.76. The number of rotatable bonds is 3. The molecule has 0 saturated carbocycles. The number of para-hydroxylation sites is 1. The Morgan fingerprint density at radius 2 is 2.00 bits per heavy atom. The van der Waals surface area contributed by atoms with Crippen molar-refractivity contribution < 1.29 is 0 Å². The van der Waals surface area contributed by atoms with Gasteiger partial charge < -0.3 is 10.3 Å². The third-order valence-corrected chi connectivity index (χ3v) is 3.24. The molecular weight excluding hydrogens is 248 g/mol. The zero-order valence-electron chi connectivity index (χ0n) is 11.1. The summed E-state index contributed by atoms with van der Waals surface area (Å²) in [6.07, 6.45) is 0. The third-order valence-electron chi connectivity index (χ3n) is 3.24. The highest BCUT2D eigenvalue weighted by atomic mass is 15.0. The van der Waals surface area contributed by atoms with Gasteiger partial charge in [0.05, 0.1) is 29.2 Å². The van der Waals surface area contributed by atoms with Gasteiger partial charge in [0.25, 0.3) is 0 Å². The Labute approximate surface area is 117 Å². The van der Waals surface area contributed by atoms with Gasteiger partial charge in [-0.15, -0.1) is 0 Å². The minimum absolute atomic E-state index is 0.625. The summed E-state index contributed by atoms with van der Waals surface area (Å²) in [5.74, 6) is 0.902. The molecule has 0 fully saturated rings. The van der Waals surface area contributed by atoms with Crippen LogP contribution in [0.1, 0.15) is 17.0 Å². The van der Waals surface area contributed by atoms with Crippen LogP contribution in [0.3, 0.4) is 0 Å². The van der Waals surface area contributed by atoms with Crippen LogP contribution in [0, 0.1) is 18.3 Å². The zero-order valence-corrected chi connectivity index (χ0v) is 11.1. The van der Waals surface area contributed by atoms with Crippen molar-refractivity contribution in [2.24, 2.45) is 0 Å². The van der Waals surface area contributed by atoms with Crippen LogP contribution >= 0.6 is 0 Å². The molecule has 98 valence electrons. The highest BCUT2D eigenvalue weighted by molar-refractivity contribution is 5.78. The van der Waals surface area contributed by atoms with Gasteiger partial charge in [-0.25, -0.2) is 4.98 Å². The van der Waals surface area contributed by atoms with E-state index in [1.54, 1.807) is 12.1 Å². The smallest absolute Gasteiger partial charge is 0.126 e. The number of hydrogen-bond donors (Lipinski definition) is 2. The highest BCUT2D eigenvalue weighted by Crippen LogP contribution is 2.16. The van der Waals surface area contributed by atoms with E-state index in [1.807, 2.05) is 24.3 Å². The molecule has 0 spiro atoms. The van der Waals surface area contributed by atoms with Crippen molar-refractivity contribution in [2.45, 2.75) is 13.5 Å². The van der Waals surface area contributed by atoms with Crippen LogP contribution < -0.4 is 5.32 Å². The van der Waals surface area contributed by atoms with Crippen molar-refractivity contribution in [1.29, 1.82) is 5.26 Å². The fraction of sp³-hybridized carbons (Fsp3) is 0.125. The number of aromatic nitrogens is 2. The largest absolute Gasteiger partial charge is 0.378 e. The van der Waals surface area contributed by atoms with Crippen molar-refractivity contribution >= 4 is 16.7 Å². The molecular formula is C16H14N4. The SMILES string of the molecule is Cc1cccc2[nH]c(CNc3ccc(C#N)cc3)nc12. The van der Waals surface area contributed by atoms with Gasteiger partial charge >= 0.3 is 0 Å². The van der Waals surface area contributed by atoms with E-state index in [-0.39, 0.29) is 0 Å². The van der Waals surface area contributed by atoms with Gasteiger partial charge in [0.15, 0.2) is 0 Å². The van der Waals surface area contributed by atoms with E-state index in [9.17, 15) is 0 Å². The number of hydrogen-bond acceptors (Lipinski definition) is 3. The summed E-state index contributed by atoms with van der Waals surface area (Å²) >= 11 is 0. The predicted octanol–water partition coefficient (Wildman–Crippen LogP) is 3.36. The predicted molar refractivity (Wildman–Crippen MR) is 79.3 cm³/mol. The van der Waals surface area contributed by atoms with Crippen LogP contribution in [-0.2, 0) is 6.54 Å². The molecule has 2 aromatic carbocycles. The van der Waals surface area contributed by atoms with Gasteiger partial charge in [0, 0.05) is 5.69 Å². The quantitative estimate of drug-likeness (QED) is 0.760. The molecule has 0 atom stereocenters. The Balaban J connectivity index is 1.76. The molecule has 0 unspecified atom stereocenters. The molecule has 3 aromatic rings. The van der Waals surface area contributed by atoms with E-state index in [0.717, 1.165) is 22.5 Å². The topological polar surface area (TPSA) is 64.5 Å². The standard InChI is InChI=1S/C16H14N4/c1-11-3-2-4-14-16(11)20-15(19-14)10-18-13-7-5-12(9-17)6-8-13/h2-8,18H,10H2,1H3,(H,19,20). The second-order valence-corrected chi connectivity index (χ2v) is 4.70. The van der Waals surface area contributed by atoms with Crippen molar-refractivity contribution in [2.75, 3.05) is 5.32 Å². The van der Waals surface area contributed by atoms with Crippen molar-refractivity contribution in [3.05, 3.63) is 59.4 Å². The van der Waals surface area contributed by atoms with E-state index in [4.69, 9.17) is 5.26 Å². The average Bonchev–Trinajstić information content (AvgIpc) is 2.90. The maximum atomic E-state index is 8.76. The number of H-pyrrole nitrogens is 1. The Hall–Kier alpha value is -2.80. The number of aromatic amines is 1. The van der Waals surface area contributed by atoms with E-state index < -0.39 is 0 Å². The van der Waals surface area contributed by atoms with Gasteiger partial charge in [0.2, 0.25) is 0 Å². The van der Waals surface area contributed by atoms with Gasteiger partial charge in [-0.3, -0.25) is 0 Å². The van der Waals surface area contributed by atoms with Crippen LogP contribution in [0.2, 0.25) is 0 Å². The van der Waals surface area contributed by atoms with E-state index in [1.165, 1.54) is 5.56 Å². The number of anilines is 1. The minimum Gasteiger partial charge on any atom is -0.378 e. The van der Waals surface area contributed by atoms with Gasteiger partial charge in [-0.05, 0) is 42.8 Å². The van der Waals surface area contributed by atoms with Crippen LogP contribution in [0.15, 0.2) is 42.5 Å². The summed E-state index contributed by atoms with van der Waals surface area (Å²) in [6, 6.07) is 15.6. The second kappa shape index (κ2) is 5.06. The average molecular weight is 262 g/mol. The summed E-state index contributed by atoms with van der Waals surface area (Å²) in [6.45, 7) is 2.68. The number of aryl methyl sites for hydroxylation is 1. The van der Waals surface area contributed by atoms with Gasteiger partial charge in [0.1, 0.15) is 5.82 Å². The molecule has 0 amide bonds. The van der Waals surface area contributed by atoms with Crippen LogP contribution in [0.4, 0.5) is 5.69 Å². The zero-order chi connectivity index (χ0) is 13.9. The number of fused-ring (bicyclic) bond motifs is 1. The summed E-state index contributed by atoms with van der Waals surface area (Å²) in [5.41, 5.74) is 4.88. The molecule has 0 bridgehead atoms. The number of nitrogens with one attached hydrogen (secondary N) is 2. The first-order valence-corrected chi connectivity index (χ1v) is 6.44. The Morgan fingerprint density at radius 1 is 1.20 bits per heavy atom. The molecule has 2 N–H and O–H groups in total. The van der Waals surface area contributed by atoms with Crippen molar-refractivity contribution in [1.82, 2.24) is 9.97 Å². The molecule has 0 aliphatic rings. The number of nitrogens with zero attached hydrogens (tertiary/aromatic N) is 2. The molecule has 1 heterocycles. The maximum absolute atomic E-state index is 8.76. The summed E-state index contributed by atoms with van der Waals surface area (Å²) in [5, 5.41) is 12.0. The van der Waals surface area contributed by atoms with Crippen LogP contribution in [-0.4, -0.2) is 9.97 Å². The summed E-state index contributed by atoms with van der Waals surface area (Å²) in [4.78, 5) is 7.89. The van der Waals surface area contributed by atoms with Gasteiger partial charge in [-0.1, -0.05) is 12.1 Å². The lowest BCUT2D eigenvalue weighted by Crippen LogP contribution is -2.00. The summed E-state index contributed by atoms with van der Waals surface area (Å²) < 4.78 is 0. The molecule has 1 aromatic heterocycles. The van der Waals surface area contributed by atoms with E-state index >= 15 is 0 Å². The molecule has 0 saturated heterocycles. The molecule has 4 heteroatoms. The number of imidazole rings is 1. The second-order valence-electron chi connectivity index (χ2n) is 4.70. The van der Waals surface area contributed by atoms with Crippen LogP contribution in [0.5, 0.6) is 0 Å². The lowest BCUT2D eigenvalue weighted by molar-refractivity contribution is 1.01. The Morgan fingerprint density at radius 3 is 2.70 bits per heavy atom. The first-order valence-electron chi connectivity index (χ1n) is 6.44. The third kappa shape index (κ3) is 2.34. The van der Waals surface area contributed by atoms with Crippen molar-refractivity contribution in [3.8, 4) is 6.07 Å². The minimum atomic E-state index is 0.625. The normalized spacial score (nSPS) is 10.4. The molecule has 4 nitrogen and oxygen atoms in total. The lowest BCUT2D eigenvalue weighted by atomic mass is 10.2. The lowest BCUT2D eigenvalue weighted by Gasteiger charge is -2.03. The molecule has 0 aliphatic carbocycles. The summed E-state index contributed by atoms with van der Waals surface area (Å²) in [7, 11) is 0. The van der Waals surface area contributed by atoms with Crippen molar-refractivity contribution in [3.63, 3.8) is 0 Å². The molecule has 0 radical (unpaired) electrons. The maximum Gasteiger partial charge on any atom is 0.126 e.